The largest absolute Gasteiger partial charge is 0.492 e. The van der Waals surface area contributed by atoms with Crippen LogP contribution in [-0.4, -0.2) is 139 Å². The summed E-state index contributed by atoms with van der Waals surface area (Å²) in [6.07, 6.45) is -6.74. The lowest BCUT2D eigenvalue weighted by atomic mass is 9.95. The molecule has 1 aromatic carbocycles. The number of carbonyl (C=O) groups is 3. The molecule has 8 unspecified atom stereocenters. The lowest BCUT2D eigenvalue weighted by Gasteiger charge is -2.50. The Morgan fingerprint density at radius 2 is 1.86 bits per heavy atom. The van der Waals surface area contributed by atoms with Crippen LogP contribution in [0.5, 0.6) is 5.75 Å². The van der Waals surface area contributed by atoms with Gasteiger partial charge >= 0.3 is 12.1 Å². The summed E-state index contributed by atoms with van der Waals surface area (Å²) in [4.78, 5) is 42.5. The molecule has 282 valence electrons. The standard InChI is InChI=1S/C32H50N4O14/c1-2-44-29(41)21(35-24(38)6-4-3-5-11-33)14-18-7-9-19(10-8-18)45-13-12-34-32(43)49-22-15-20(47-30(42)26(22)39)17-46-31-27(40)28-25(36-50-28)23(16-37)48-31/h7-10,20-23,25-28,30-31,36-37,39-40,42H,2-6,11-17,33H2,1H3,(H,34,43)(H,35,38)/t20?,21-,22+,23?,25?,26?,27?,28?,30?,31?/m0/s1. The highest BCUT2D eigenvalue weighted by Crippen LogP contribution is 2.30. The minimum absolute atomic E-state index is 0.0274. The van der Waals surface area contributed by atoms with Gasteiger partial charge in [-0.25, -0.2) is 9.59 Å². The van der Waals surface area contributed by atoms with Gasteiger partial charge in [0.25, 0.3) is 0 Å². The molecule has 3 aliphatic rings. The molecule has 2 amide bonds. The first-order valence-corrected chi connectivity index (χ1v) is 16.9. The first-order chi connectivity index (χ1) is 24.1. The molecule has 1 aromatic rings. The predicted octanol–water partition coefficient (Wildman–Crippen LogP) is -1.90. The van der Waals surface area contributed by atoms with Gasteiger partial charge in [0.15, 0.2) is 12.6 Å². The Balaban J connectivity index is 1.16. The number of hydrogen-bond donors (Lipinski definition) is 8. The number of hydroxylamine groups is 1. The van der Waals surface area contributed by atoms with Gasteiger partial charge in [-0.3, -0.25) is 9.63 Å². The molecule has 9 N–H and O–H groups in total. The van der Waals surface area contributed by atoms with Crippen molar-refractivity contribution in [1.82, 2.24) is 16.1 Å². The van der Waals surface area contributed by atoms with E-state index in [0.29, 0.717) is 25.1 Å². The van der Waals surface area contributed by atoms with Crippen molar-refractivity contribution in [3.63, 3.8) is 0 Å². The Hall–Kier alpha value is -3.17. The van der Waals surface area contributed by atoms with E-state index in [2.05, 4.69) is 16.1 Å². The summed E-state index contributed by atoms with van der Waals surface area (Å²) >= 11 is 0. The minimum atomic E-state index is -1.66. The van der Waals surface area contributed by atoms with Crippen LogP contribution in [0.3, 0.4) is 0 Å². The van der Waals surface area contributed by atoms with E-state index < -0.39 is 67.3 Å². The maximum Gasteiger partial charge on any atom is 0.407 e. The molecule has 0 bridgehead atoms. The van der Waals surface area contributed by atoms with Crippen LogP contribution in [-0.2, 0) is 44.5 Å². The van der Waals surface area contributed by atoms with Crippen LogP contribution < -0.4 is 26.6 Å². The smallest absolute Gasteiger partial charge is 0.407 e. The molecule has 0 radical (unpaired) electrons. The molecular formula is C32H50N4O14. The molecule has 0 spiro atoms. The highest BCUT2D eigenvalue weighted by Gasteiger charge is 2.52. The maximum atomic E-state index is 12.5. The third-order valence-corrected chi connectivity index (χ3v) is 8.42. The third-order valence-electron chi connectivity index (χ3n) is 8.42. The molecule has 18 nitrogen and oxygen atoms in total. The first kappa shape index (κ1) is 39.6. The van der Waals surface area contributed by atoms with E-state index in [9.17, 15) is 34.8 Å². The zero-order chi connectivity index (χ0) is 36.0. The van der Waals surface area contributed by atoms with Crippen LogP contribution >= 0.6 is 0 Å². The topological polar surface area (TPSA) is 259 Å². The highest BCUT2D eigenvalue weighted by atomic mass is 16.7. The van der Waals surface area contributed by atoms with Gasteiger partial charge < -0.3 is 65.2 Å². The molecule has 0 aromatic heterocycles. The Morgan fingerprint density at radius 1 is 1.08 bits per heavy atom. The summed E-state index contributed by atoms with van der Waals surface area (Å²) in [5.74, 6) is -0.246. The predicted molar refractivity (Wildman–Crippen MR) is 171 cm³/mol. The summed E-state index contributed by atoms with van der Waals surface area (Å²) < 4.78 is 32.7. The van der Waals surface area contributed by atoms with Gasteiger partial charge in [-0.1, -0.05) is 18.6 Å². The van der Waals surface area contributed by atoms with Crippen LogP contribution in [0, 0.1) is 0 Å². The fourth-order valence-corrected chi connectivity index (χ4v) is 5.69. The number of alkyl carbamates (subject to hydrolysis) is 1. The molecule has 3 heterocycles. The Labute approximate surface area is 289 Å². The van der Waals surface area contributed by atoms with Crippen molar-refractivity contribution >= 4 is 18.0 Å². The summed E-state index contributed by atoms with van der Waals surface area (Å²) in [7, 11) is 0. The van der Waals surface area contributed by atoms with E-state index in [0.717, 1.165) is 18.4 Å². The normalized spacial score (nSPS) is 29.5. The number of carbonyl (C=O) groups excluding carboxylic acids is 3. The van der Waals surface area contributed by atoms with Gasteiger partial charge in [0.1, 0.15) is 48.9 Å². The molecule has 4 rings (SSSR count). The molecule has 0 saturated carbocycles. The number of esters is 1. The first-order valence-electron chi connectivity index (χ1n) is 16.9. The quantitative estimate of drug-likeness (QED) is 0.0575. The Bertz CT molecular complexity index is 1210. The number of ether oxygens (including phenoxy) is 6. The number of unbranched alkanes of at least 4 members (excludes halogenated alkanes) is 2. The molecule has 3 aliphatic heterocycles. The van der Waals surface area contributed by atoms with Crippen LogP contribution in [0.25, 0.3) is 0 Å². The van der Waals surface area contributed by atoms with Crippen molar-refractivity contribution < 1.29 is 68.1 Å². The van der Waals surface area contributed by atoms with Crippen molar-refractivity contribution in [1.29, 1.82) is 0 Å². The van der Waals surface area contributed by atoms with E-state index in [-0.39, 0.29) is 57.8 Å². The molecule has 3 fully saturated rings. The van der Waals surface area contributed by atoms with Gasteiger partial charge in [-0.05, 0) is 44.0 Å². The summed E-state index contributed by atoms with van der Waals surface area (Å²) in [5.41, 5.74) is 8.89. The zero-order valence-corrected chi connectivity index (χ0v) is 28.0. The van der Waals surface area contributed by atoms with E-state index in [4.69, 9.17) is 39.0 Å². The number of nitrogens with two attached hydrogens (primary N) is 1. The second-order valence-corrected chi connectivity index (χ2v) is 12.2. The average molecular weight is 715 g/mol. The SMILES string of the molecule is CCOC(=O)[C@H](Cc1ccc(OCCNC(=O)O[C@@H]2CC(COC3OC(CO)C4NOC4C3O)OC(O)C2O)cc1)NC(=O)CCCCCN. The lowest BCUT2D eigenvalue weighted by Crippen LogP contribution is -2.73. The van der Waals surface area contributed by atoms with Crippen molar-refractivity contribution in [2.24, 2.45) is 5.73 Å². The number of benzene rings is 1. The fraction of sp³-hybridized carbons (Fsp3) is 0.719. The van der Waals surface area contributed by atoms with E-state index >= 15 is 0 Å². The van der Waals surface area contributed by atoms with Gasteiger partial charge in [-0.2, -0.15) is 5.48 Å². The summed E-state index contributed by atoms with van der Waals surface area (Å²) in [6.45, 7) is 2.08. The summed E-state index contributed by atoms with van der Waals surface area (Å²) in [5, 5.41) is 45.8. The number of fused-ring (bicyclic) bond motifs is 1. The number of aliphatic hydroxyl groups excluding tert-OH is 4. The molecule has 10 atom stereocenters. The van der Waals surface area contributed by atoms with Gasteiger partial charge in [-0.15, -0.1) is 0 Å². The number of amides is 2. The second-order valence-electron chi connectivity index (χ2n) is 12.2. The van der Waals surface area contributed by atoms with Crippen LogP contribution in [0.4, 0.5) is 4.79 Å². The maximum absolute atomic E-state index is 12.5. The minimum Gasteiger partial charge on any atom is -0.492 e. The molecule has 0 aliphatic carbocycles. The van der Waals surface area contributed by atoms with E-state index in [1.165, 1.54) is 0 Å². The zero-order valence-electron chi connectivity index (χ0n) is 28.0. The van der Waals surface area contributed by atoms with Crippen LogP contribution in [0.1, 0.15) is 44.6 Å². The molecule has 18 heteroatoms. The lowest BCUT2D eigenvalue weighted by molar-refractivity contribution is -0.353. The monoisotopic (exact) mass is 714 g/mol. The van der Waals surface area contributed by atoms with Crippen LogP contribution in [0.2, 0.25) is 0 Å². The van der Waals surface area contributed by atoms with Gasteiger partial charge in [0.2, 0.25) is 5.91 Å². The fourth-order valence-electron chi connectivity index (χ4n) is 5.69. The van der Waals surface area contributed by atoms with Crippen molar-refractivity contribution in [3.8, 4) is 5.75 Å². The average Bonchev–Trinajstić information content (AvgIpc) is 3.08. The van der Waals surface area contributed by atoms with Gasteiger partial charge in [0.05, 0.1) is 38.5 Å². The Morgan fingerprint density at radius 3 is 2.54 bits per heavy atom. The Kier molecular flexibility index (Phi) is 15.9. The number of aliphatic hydroxyl groups is 4. The van der Waals surface area contributed by atoms with Crippen molar-refractivity contribution in [2.45, 2.75) is 107 Å². The van der Waals surface area contributed by atoms with Crippen molar-refractivity contribution in [2.75, 3.05) is 39.5 Å². The molecular weight excluding hydrogens is 664 g/mol. The third kappa shape index (κ3) is 11.4. The molecule has 3 saturated heterocycles. The number of hydrogen-bond acceptors (Lipinski definition) is 16. The van der Waals surface area contributed by atoms with E-state index in [1.807, 2.05) is 0 Å². The van der Waals surface area contributed by atoms with Crippen molar-refractivity contribution in [3.05, 3.63) is 29.8 Å². The highest BCUT2D eigenvalue weighted by molar-refractivity contribution is 5.84. The number of rotatable bonds is 19. The molecule has 50 heavy (non-hydrogen) atoms. The number of nitrogens with one attached hydrogen (secondary N) is 3. The van der Waals surface area contributed by atoms with E-state index in [1.54, 1.807) is 31.2 Å². The van der Waals surface area contributed by atoms with Gasteiger partial charge in [0, 0.05) is 19.3 Å². The van der Waals surface area contributed by atoms with Crippen LogP contribution in [0.15, 0.2) is 24.3 Å². The summed E-state index contributed by atoms with van der Waals surface area (Å²) in [6, 6.07) is 5.69. The second kappa shape index (κ2) is 20.0.